The fourth-order valence-electron chi connectivity index (χ4n) is 3.88. The Kier molecular flexibility index (Phi) is 12.3. The first kappa shape index (κ1) is 37.8. The van der Waals surface area contributed by atoms with Gasteiger partial charge in [-0.15, -0.1) is 5.11 Å². The molecule has 0 bridgehead atoms. The van der Waals surface area contributed by atoms with E-state index in [1.54, 1.807) is 37.3 Å². The van der Waals surface area contributed by atoms with Crippen molar-refractivity contribution >= 4 is 129 Å². The fourth-order valence-corrected chi connectivity index (χ4v) is 6.16. The van der Waals surface area contributed by atoms with Crippen LogP contribution >= 0.6 is 0 Å². The normalized spacial score (nSPS) is 11.9. The van der Waals surface area contributed by atoms with Crippen molar-refractivity contribution in [3.05, 3.63) is 72.3 Å². The van der Waals surface area contributed by atoms with E-state index in [1.807, 2.05) is 0 Å². The monoisotopic (exact) mass is 680 g/mol. The number of para-hydroxylation sites is 1. The van der Waals surface area contributed by atoms with E-state index in [-0.39, 0.29) is 86.2 Å². The minimum atomic E-state index is -5.13. The topological polar surface area (TPSA) is 229 Å². The standard InChI is InChI=1S/C25H22N4O10S3.2Na/c1-14-8-9-18(40(32,33)29-17-6-4-3-5-7-17)12-20(14)27-28-24-22(42(37,38)39)11-16-10-19(41(34,35)36)13-21(26-15(2)30)23(16)25(24)31;;/h3-13,29,31H,1-2H3,(H,26,30)(H,34,35,36)(H,37,38,39);;. The third kappa shape index (κ3) is 8.64. The van der Waals surface area contributed by atoms with Crippen LogP contribution in [0.2, 0.25) is 0 Å². The molecule has 4 aromatic carbocycles. The summed E-state index contributed by atoms with van der Waals surface area (Å²) in [5.74, 6) is -1.63. The van der Waals surface area contributed by atoms with Gasteiger partial charge in [0.25, 0.3) is 30.3 Å². The molecule has 0 aliphatic rings. The van der Waals surface area contributed by atoms with E-state index in [4.69, 9.17) is 0 Å². The smallest absolute Gasteiger partial charge is 0.296 e. The number of rotatable bonds is 8. The second kappa shape index (κ2) is 14.3. The van der Waals surface area contributed by atoms with E-state index in [2.05, 4.69) is 20.3 Å². The molecule has 4 aromatic rings. The first-order valence-electron chi connectivity index (χ1n) is 11.6. The molecule has 0 saturated heterocycles. The molecule has 19 heteroatoms. The van der Waals surface area contributed by atoms with Crippen molar-refractivity contribution in [1.82, 2.24) is 0 Å². The van der Waals surface area contributed by atoms with Gasteiger partial charge in [-0.3, -0.25) is 18.6 Å². The predicted octanol–water partition coefficient (Wildman–Crippen LogP) is 3.76. The molecule has 0 fully saturated rings. The molecule has 0 aliphatic carbocycles. The molecule has 2 radical (unpaired) electrons. The van der Waals surface area contributed by atoms with Crippen molar-refractivity contribution in [2.45, 2.75) is 28.5 Å². The van der Waals surface area contributed by atoms with Crippen LogP contribution in [0.5, 0.6) is 5.75 Å². The molecule has 0 heterocycles. The van der Waals surface area contributed by atoms with Gasteiger partial charge in [0.1, 0.15) is 10.6 Å². The second-order valence-electron chi connectivity index (χ2n) is 8.89. The van der Waals surface area contributed by atoms with E-state index in [0.717, 1.165) is 31.2 Å². The molecule has 4 rings (SSSR count). The van der Waals surface area contributed by atoms with Crippen molar-refractivity contribution in [2.24, 2.45) is 10.2 Å². The molecule has 44 heavy (non-hydrogen) atoms. The number of phenolic OH excluding ortho intramolecular Hbond substituents is 1. The van der Waals surface area contributed by atoms with Crippen molar-refractivity contribution in [2.75, 3.05) is 10.0 Å². The summed E-state index contributed by atoms with van der Waals surface area (Å²) < 4.78 is 95.7. The average molecular weight is 681 g/mol. The van der Waals surface area contributed by atoms with Gasteiger partial charge in [0, 0.05) is 77.1 Å². The number of aryl methyl sites for hydroxylation is 1. The maximum atomic E-state index is 12.9. The van der Waals surface area contributed by atoms with Crippen molar-refractivity contribution in [1.29, 1.82) is 0 Å². The van der Waals surface area contributed by atoms with Crippen LogP contribution in [0, 0.1) is 6.92 Å². The second-order valence-corrected chi connectivity index (χ2v) is 13.4. The molecular formula is C25H22N4Na2O10S3. The number of carbonyl (C=O) groups is 1. The van der Waals surface area contributed by atoms with Gasteiger partial charge in [0.05, 0.1) is 21.2 Å². The molecule has 0 aliphatic heterocycles. The Morgan fingerprint density at radius 3 is 2.00 bits per heavy atom. The Morgan fingerprint density at radius 1 is 0.795 bits per heavy atom. The molecule has 0 aromatic heterocycles. The van der Waals surface area contributed by atoms with E-state index >= 15 is 0 Å². The van der Waals surface area contributed by atoms with Gasteiger partial charge in [-0.1, -0.05) is 24.3 Å². The van der Waals surface area contributed by atoms with Gasteiger partial charge in [-0.2, -0.15) is 21.9 Å². The van der Waals surface area contributed by atoms with Crippen LogP contribution < -0.4 is 10.0 Å². The summed E-state index contributed by atoms with van der Waals surface area (Å²) in [6, 6.07) is 14.3. The summed E-state index contributed by atoms with van der Waals surface area (Å²) >= 11 is 0. The number of fused-ring (bicyclic) bond motifs is 1. The summed E-state index contributed by atoms with van der Waals surface area (Å²) in [5.41, 5.74) is -0.475. The SMILES string of the molecule is CC(=O)Nc1cc(S(=O)(=O)O)cc2cc(S(=O)(=O)O)c(N=Nc3cc(S(=O)(=O)Nc4ccccc4)ccc3C)c(O)c12.[Na].[Na]. The molecule has 5 N–H and O–H groups in total. The number of nitrogens with one attached hydrogen (secondary N) is 2. The van der Waals surface area contributed by atoms with Crippen molar-refractivity contribution < 1.29 is 44.3 Å². The summed E-state index contributed by atoms with van der Waals surface area (Å²) in [4.78, 5) is 9.83. The van der Waals surface area contributed by atoms with Gasteiger partial charge in [0.2, 0.25) is 5.91 Å². The van der Waals surface area contributed by atoms with Crippen LogP contribution in [0.1, 0.15) is 12.5 Å². The Balaban J connectivity index is 0.00000337. The number of benzene rings is 4. The Labute approximate surface area is 297 Å². The van der Waals surface area contributed by atoms with Crippen LogP contribution in [0.25, 0.3) is 10.8 Å². The van der Waals surface area contributed by atoms with Gasteiger partial charge in [-0.05, 0) is 60.3 Å². The van der Waals surface area contributed by atoms with Crippen LogP contribution in [-0.2, 0) is 35.1 Å². The maximum Gasteiger partial charge on any atom is 0.296 e. The zero-order valence-electron chi connectivity index (χ0n) is 23.7. The summed E-state index contributed by atoms with van der Waals surface area (Å²) in [6.07, 6.45) is 0. The van der Waals surface area contributed by atoms with Gasteiger partial charge in [-0.25, -0.2) is 8.42 Å². The zero-order valence-corrected chi connectivity index (χ0v) is 30.1. The third-order valence-electron chi connectivity index (χ3n) is 5.78. The van der Waals surface area contributed by atoms with Gasteiger partial charge >= 0.3 is 0 Å². The van der Waals surface area contributed by atoms with E-state index < -0.39 is 57.4 Å². The summed E-state index contributed by atoms with van der Waals surface area (Å²) in [5, 5.41) is 20.5. The summed E-state index contributed by atoms with van der Waals surface area (Å²) in [6.45, 7) is 2.64. The minimum absolute atomic E-state index is 0. The number of anilines is 2. The number of azo groups is 1. The fraction of sp³-hybridized carbons (Fsp3) is 0.0800. The number of phenols is 1. The molecule has 1 amide bonds. The Hall–Kier alpha value is -2.42. The van der Waals surface area contributed by atoms with Crippen molar-refractivity contribution in [3.8, 4) is 5.75 Å². The molecule has 0 spiro atoms. The van der Waals surface area contributed by atoms with Gasteiger partial charge < -0.3 is 10.4 Å². The Bertz CT molecular complexity index is 2110. The van der Waals surface area contributed by atoms with Crippen LogP contribution in [-0.4, -0.2) is 104 Å². The first-order valence-corrected chi connectivity index (χ1v) is 16.0. The molecule has 0 saturated carbocycles. The largest absolute Gasteiger partial charge is 0.505 e. The molecular weight excluding hydrogens is 658 g/mol. The first-order chi connectivity index (χ1) is 19.5. The minimum Gasteiger partial charge on any atom is -0.505 e. The zero-order chi connectivity index (χ0) is 31.0. The predicted molar refractivity (Wildman–Crippen MR) is 164 cm³/mol. The molecule has 14 nitrogen and oxygen atoms in total. The summed E-state index contributed by atoms with van der Waals surface area (Å²) in [7, 11) is -14.1. The number of sulfonamides is 1. The molecule has 0 unspecified atom stereocenters. The van der Waals surface area contributed by atoms with Crippen molar-refractivity contribution in [3.63, 3.8) is 0 Å². The van der Waals surface area contributed by atoms with Gasteiger partial charge in [0.15, 0.2) is 5.75 Å². The number of nitrogens with zero attached hydrogens (tertiary/aromatic N) is 2. The van der Waals surface area contributed by atoms with E-state index in [9.17, 15) is 44.3 Å². The van der Waals surface area contributed by atoms with Crippen LogP contribution in [0.4, 0.5) is 22.7 Å². The number of amides is 1. The number of carbonyl (C=O) groups excluding carboxylic acids is 1. The van der Waals surface area contributed by atoms with Crippen LogP contribution in [0.15, 0.2) is 91.6 Å². The average Bonchev–Trinajstić information content (AvgIpc) is 2.87. The quantitative estimate of drug-likeness (QED) is 0.103. The van der Waals surface area contributed by atoms with E-state index in [1.165, 1.54) is 12.1 Å². The Morgan fingerprint density at radius 2 is 1.43 bits per heavy atom. The number of hydrogen-bond donors (Lipinski definition) is 5. The number of hydrogen-bond acceptors (Lipinski definition) is 10. The van der Waals surface area contributed by atoms with Crippen LogP contribution in [0.3, 0.4) is 0 Å². The molecule has 222 valence electrons. The van der Waals surface area contributed by atoms with E-state index in [0.29, 0.717) is 11.3 Å². The molecule has 0 atom stereocenters. The maximum absolute atomic E-state index is 12.9. The number of aromatic hydroxyl groups is 1. The third-order valence-corrected chi connectivity index (χ3v) is 8.86.